The first-order valence-electron chi connectivity index (χ1n) is 5.27. The van der Waals surface area contributed by atoms with Crippen molar-refractivity contribution in [3.8, 4) is 5.75 Å². The molecule has 0 aliphatic carbocycles. The minimum absolute atomic E-state index is 0.260. The Kier molecular flexibility index (Phi) is 3.01. The Labute approximate surface area is 100 Å². The molecule has 2 aromatic rings. The number of aromatic hydroxyl groups is 1. The van der Waals surface area contributed by atoms with Crippen molar-refractivity contribution in [3.63, 3.8) is 0 Å². The van der Waals surface area contributed by atoms with Gasteiger partial charge in [0.25, 0.3) is 0 Å². The van der Waals surface area contributed by atoms with Crippen LogP contribution in [0.25, 0.3) is 12.2 Å². The summed E-state index contributed by atoms with van der Waals surface area (Å²) in [6, 6.07) is 12.4. The number of rotatable bonds is 2. The van der Waals surface area contributed by atoms with E-state index in [0.29, 0.717) is 11.4 Å². The third kappa shape index (κ3) is 3.01. The second kappa shape index (κ2) is 4.61. The highest BCUT2D eigenvalue weighted by Crippen LogP contribution is 2.17. The van der Waals surface area contributed by atoms with E-state index in [-0.39, 0.29) is 5.75 Å². The lowest BCUT2D eigenvalue weighted by Gasteiger charge is -2.00. The maximum absolute atomic E-state index is 9.16. The van der Waals surface area contributed by atoms with Gasteiger partial charge in [0, 0.05) is 11.4 Å². The van der Waals surface area contributed by atoms with Crippen molar-refractivity contribution >= 4 is 23.5 Å². The monoisotopic (exact) mass is 226 g/mol. The van der Waals surface area contributed by atoms with E-state index in [1.54, 1.807) is 18.2 Å². The maximum atomic E-state index is 9.16. The van der Waals surface area contributed by atoms with E-state index in [4.69, 9.17) is 16.6 Å². The fraction of sp³-hybridized carbons (Fsp3) is 0. The van der Waals surface area contributed by atoms with Crippen molar-refractivity contribution in [2.75, 3.05) is 11.5 Å². The van der Waals surface area contributed by atoms with E-state index in [9.17, 15) is 0 Å². The van der Waals surface area contributed by atoms with E-state index in [1.165, 1.54) is 0 Å². The van der Waals surface area contributed by atoms with Crippen LogP contribution < -0.4 is 11.5 Å². The summed E-state index contributed by atoms with van der Waals surface area (Å²) < 4.78 is 0. The van der Waals surface area contributed by atoms with Crippen LogP contribution in [0.3, 0.4) is 0 Å². The van der Waals surface area contributed by atoms with Gasteiger partial charge in [-0.3, -0.25) is 0 Å². The molecule has 17 heavy (non-hydrogen) atoms. The van der Waals surface area contributed by atoms with Gasteiger partial charge in [0.1, 0.15) is 5.75 Å². The zero-order valence-electron chi connectivity index (χ0n) is 9.30. The van der Waals surface area contributed by atoms with Crippen LogP contribution in [-0.4, -0.2) is 5.11 Å². The molecule has 0 saturated heterocycles. The lowest BCUT2D eigenvalue weighted by Crippen LogP contribution is -1.90. The lowest BCUT2D eigenvalue weighted by molar-refractivity contribution is 0.475. The molecule has 0 fully saturated rings. The molecular formula is C14H14N2O. The number of hydrogen-bond acceptors (Lipinski definition) is 3. The van der Waals surface area contributed by atoms with E-state index < -0.39 is 0 Å². The number of benzene rings is 2. The summed E-state index contributed by atoms with van der Waals surface area (Å²) >= 11 is 0. The summed E-state index contributed by atoms with van der Waals surface area (Å²) in [5.74, 6) is 0.260. The van der Waals surface area contributed by atoms with Gasteiger partial charge in [0.05, 0.1) is 0 Å². The number of phenols is 1. The summed E-state index contributed by atoms with van der Waals surface area (Å²) in [6.07, 6.45) is 3.87. The fourth-order valence-electron chi connectivity index (χ4n) is 1.58. The predicted molar refractivity (Wildman–Crippen MR) is 72.3 cm³/mol. The fourth-order valence-corrected chi connectivity index (χ4v) is 1.58. The van der Waals surface area contributed by atoms with Crippen molar-refractivity contribution in [2.24, 2.45) is 0 Å². The molecule has 0 unspecified atom stereocenters. The van der Waals surface area contributed by atoms with Gasteiger partial charge in [0.2, 0.25) is 0 Å². The average molecular weight is 226 g/mol. The molecular weight excluding hydrogens is 212 g/mol. The highest BCUT2D eigenvalue weighted by Gasteiger charge is 1.93. The maximum Gasteiger partial charge on any atom is 0.115 e. The second-order valence-corrected chi connectivity index (χ2v) is 3.86. The Balaban J connectivity index is 2.22. The third-order valence-corrected chi connectivity index (χ3v) is 2.36. The van der Waals surface area contributed by atoms with Gasteiger partial charge in [-0.2, -0.15) is 0 Å². The van der Waals surface area contributed by atoms with Crippen molar-refractivity contribution in [1.29, 1.82) is 0 Å². The van der Waals surface area contributed by atoms with Gasteiger partial charge >= 0.3 is 0 Å². The summed E-state index contributed by atoms with van der Waals surface area (Å²) in [6.45, 7) is 0. The van der Waals surface area contributed by atoms with Crippen molar-refractivity contribution in [3.05, 3.63) is 53.6 Å². The summed E-state index contributed by atoms with van der Waals surface area (Å²) in [4.78, 5) is 0. The largest absolute Gasteiger partial charge is 0.508 e. The normalized spacial score (nSPS) is 10.8. The molecule has 86 valence electrons. The Hall–Kier alpha value is -2.42. The summed E-state index contributed by atoms with van der Waals surface area (Å²) in [5.41, 5.74) is 14.7. The summed E-state index contributed by atoms with van der Waals surface area (Å²) in [5, 5.41) is 9.16. The van der Waals surface area contributed by atoms with E-state index >= 15 is 0 Å². The quantitative estimate of drug-likeness (QED) is 0.544. The van der Waals surface area contributed by atoms with Gasteiger partial charge in [-0.25, -0.2) is 0 Å². The standard InChI is InChI=1S/C14H14N2O/c15-12-7-11(8-13(16)9-12)2-1-10-3-5-14(17)6-4-10/h1-9,17H,15-16H2/b2-1+. The Bertz CT molecular complexity index is 524. The molecule has 0 aromatic heterocycles. The van der Waals surface area contributed by atoms with Crippen LogP contribution in [0.5, 0.6) is 5.75 Å². The first kappa shape index (κ1) is 11.1. The molecule has 0 heterocycles. The minimum atomic E-state index is 0.260. The molecule has 0 saturated carbocycles. The average Bonchev–Trinajstić information content (AvgIpc) is 2.27. The zero-order chi connectivity index (χ0) is 12.3. The summed E-state index contributed by atoms with van der Waals surface area (Å²) in [7, 11) is 0. The SMILES string of the molecule is Nc1cc(N)cc(/C=C/c2ccc(O)cc2)c1. The van der Waals surface area contributed by atoms with Gasteiger partial charge < -0.3 is 16.6 Å². The van der Waals surface area contributed by atoms with E-state index in [0.717, 1.165) is 11.1 Å². The highest BCUT2D eigenvalue weighted by atomic mass is 16.3. The number of nitrogens with two attached hydrogens (primary N) is 2. The number of hydrogen-bond donors (Lipinski definition) is 3. The smallest absolute Gasteiger partial charge is 0.115 e. The topological polar surface area (TPSA) is 72.3 Å². The molecule has 3 heteroatoms. The first-order valence-corrected chi connectivity index (χ1v) is 5.27. The van der Waals surface area contributed by atoms with Gasteiger partial charge in [-0.15, -0.1) is 0 Å². The zero-order valence-corrected chi connectivity index (χ0v) is 9.30. The van der Waals surface area contributed by atoms with Crippen LogP contribution >= 0.6 is 0 Å². The van der Waals surface area contributed by atoms with Crippen molar-refractivity contribution < 1.29 is 5.11 Å². The van der Waals surface area contributed by atoms with Crippen LogP contribution in [0.1, 0.15) is 11.1 Å². The van der Waals surface area contributed by atoms with E-state index in [1.807, 2.05) is 36.4 Å². The Morgan fingerprint density at radius 1 is 0.765 bits per heavy atom. The molecule has 2 rings (SSSR count). The molecule has 0 aliphatic rings. The first-order chi connectivity index (χ1) is 8.13. The van der Waals surface area contributed by atoms with Crippen LogP contribution in [0.4, 0.5) is 11.4 Å². The molecule has 0 radical (unpaired) electrons. The second-order valence-electron chi connectivity index (χ2n) is 3.86. The minimum Gasteiger partial charge on any atom is -0.508 e. The molecule has 0 atom stereocenters. The van der Waals surface area contributed by atoms with E-state index in [2.05, 4.69) is 0 Å². The van der Waals surface area contributed by atoms with Gasteiger partial charge in [-0.05, 0) is 41.5 Å². The molecule has 0 aliphatic heterocycles. The van der Waals surface area contributed by atoms with Crippen LogP contribution in [0.15, 0.2) is 42.5 Å². The van der Waals surface area contributed by atoms with Crippen molar-refractivity contribution in [2.45, 2.75) is 0 Å². The lowest BCUT2D eigenvalue weighted by atomic mass is 10.1. The third-order valence-electron chi connectivity index (χ3n) is 2.36. The molecule has 0 amide bonds. The van der Waals surface area contributed by atoms with Gasteiger partial charge in [0.15, 0.2) is 0 Å². The van der Waals surface area contributed by atoms with Crippen molar-refractivity contribution in [1.82, 2.24) is 0 Å². The number of anilines is 2. The number of phenolic OH excluding ortho intramolecular Hbond substituents is 1. The molecule has 0 spiro atoms. The van der Waals surface area contributed by atoms with Gasteiger partial charge in [-0.1, -0.05) is 24.3 Å². The molecule has 2 aromatic carbocycles. The molecule has 3 nitrogen and oxygen atoms in total. The molecule has 0 bridgehead atoms. The number of nitrogen functional groups attached to an aromatic ring is 2. The van der Waals surface area contributed by atoms with Crippen LogP contribution in [-0.2, 0) is 0 Å². The Morgan fingerprint density at radius 2 is 1.29 bits per heavy atom. The van der Waals surface area contributed by atoms with Crippen LogP contribution in [0, 0.1) is 0 Å². The Morgan fingerprint density at radius 3 is 1.88 bits per heavy atom. The highest BCUT2D eigenvalue weighted by molar-refractivity contribution is 5.73. The predicted octanol–water partition coefficient (Wildman–Crippen LogP) is 2.73. The van der Waals surface area contributed by atoms with Crippen LogP contribution in [0.2, 0.25) is 0 Å². The molecule has 5 N–H and O–H groups in total.